The van der Waals surface area contributed by atoms with Gasteiger partial charge in [-0.15, -0.1) is 0 Å². The minimum Gasteiger partial charge on any atom is -0.286 e. The first-order chi connectivity index (χ1) is 5.40. The van der Waals surface area contributed by atoms with E-state index >= 15 is 0 Å². The van der Waals surface area contributed by atoms with Crippen LogP contribution in [0.2, 0.25) is 0 Å². The third-order valence-corrected chi connectivity index (χ3v) is 1.04. The van der Waals surface area contributed by atoms with Crippen LogP contribution in [0.1, 0.15) is 6.92 Å². The Morgan fingerprint density at radius 2 is 1.23 bits per heavy atom. The van der Waals surface area contributed by atoms with Crippen molar-refractivity contribution in [1.82, 2.24) is 0 Å². The standard InChI is InChI=1S/C5H3F7O/c1-3(6,7)2(13)4(8,9)5(10,11)12/h1H3. The van der Waals surface area contributed by atoms with Crippen LogP contribution in [0.5, 0.6) is 0 Å². The smallest absolute Gasteiger partial charge is 0.286 e. The zero-order valence-electron chi connectivity index (χ0n) is 6.05. The summed E-state index contributed by atoms with van der Waals surface area (Å²) in [5, 5.41) is 0. The molecule has 8 heteroatoms. The maximum absolute atomic E-state index is 11.9. The molecule has 0 fully saturated rings. The molecule has 78 valence electrons. The quantitative estimate of drug-likeness (QED) is 0.642. The van der Waals surface area contributed by atoms with E-state index in [0.717, 1.165) is 0 Å². The van der Waals surface area contributed by atoms with Crippen molar-refractivity contribution in [2.75, 3.05) is 0 Å². The average molecular weight is 212 g/mol. The second kappa shape index (κ2) is 2.85. The molecular weight excluding hydrogens is 209 g/mol. The van der Waals surface area contributed by atoms with Crippen molar-refractivity contribution < 1.29 is 35.5 Å². The summed E-state index contributed by atoms with van der Waals surface area (Å²) in [5.41, 5.74) is 0. The van der Waals surface area contributed by atoms with Gasteiger partial charge in [-0.05, 0) is 0 Å². The van der Waals surface area contributed by atoms with Crippen molar-refractivity contribution in [3.63, 3.8) is 0 Å². The molecule has 0 heterocycles. The highest BCUT2D eigenvalue weighted by Gasteiger charge is 2.67. The summed E-state index contributed by atoms with van der Waals surface area (Å²) in [4.78, 5) is 9.91. The fourth-order valence-electron chi connectivity index (χ4n) is 0.404. The third kappa shape index (κ3) is 2.31. The van der Waals surface area contributed by atoms with E-state index in [1.165, 1.54) is 0 Å². The number of ketones is 1. The number of alkyl halides is 7. The maximum Gasteiger partial charge on any atom is 0.461 e. The van der Waals surface area contributed by atoms with Gasteiger partial charge in [0.25, 0.3) is 5.78 Å². The first-order valence-corrected chi connectivity index (χ1v) is 2.78. The molecule has 0 rings (SSSR count). The molecule has 0 aliphatic carbocycles. The molecule has 0 aliphatic rings. The van der Waals surface area contributed by atoms with Gasteiger partial charge in [-0.1, -0.05) is 0 Å². The van der Waals surface area contributed by atoms with Crippen LogP contribution in [-0.4, -0.2) is 23.8 Å². The molecule has 0 amide bonds. The summed E-state index contributed by atoms with van der Waals surface area (Å²) in [7, 11) is 0. The summed E-state index contributed by atoms with van der Waals surface area (Å²) < 4.78 is 81.3. The van der Waals surface area contributed by atoms with Gasteiger partial charge in [0.15, 0.2) is 0 Å². The van der Waals surface area contributed by atoms with Gasteiger partial charge in [0.1, 0.15) is 0 Å². The van der Waals surface area contributed by atoms with Crippen LogP contribution in [0.4, 0.5) is 30.7 Å². The fourth-order valence-corrected chi connectivity index (χ4v) is 0.404. The van der Waals surface area contributed by atoms with E-state index in [2.05, 4.69) is 0 Å². The van der Waals surface area contributed by atoms with Crippen molar-refractivity contribution in [2.24, 2.45) is 0 Å². The molecule has 1 nitrogen and oxygen atoms in total. The molecule has 0 aromatic rings. The van der Waals surface area contributed by atoms with Crippen LogP contribution in [0.15, 0.2) is 0 Å². The number of carbonyl (C=O) groups is 1. The van der Waals surface area contributed by atoms with E-state index in [9.17, 15) is 35.5 Å². The lowest BCUT2D eigenvalue weighted by Crippen LogP contribution is -2.50. The first-order valence-electron chi connectivity index (χ1n) is 2.78. The predicted octanol–water partition coefficient (Wildman–Crippen LogP) is 2.41. The van der Waals surface area contributed by atoms with Crippen LogP contribution in [0.3, 0.4) is 0 Å². The van der Waals surface area contributed by atoms with Gasteiger partial charge in [0.05, 0.1) is 0 Å². The molecule has 0 aromatic heterocycles. The van der Waals surface area contributed by atoms with Gasteiger partial charge in [0, 0.05) is 6.92 Å². The molecule has 0 radical (unpaired) electrons. The third-order valence-electron chi connectivity index (χ3n) is 1.04. The van der Waals surface area contributed by atoms with E-state index < -0.39 is 23.8 Å². The number of carbonyl (C=O) groups excluding carboxylic acids is 1. The van der Waals surface area contributed by atoms with Crippen molar-refractivity contribution in [3.8, 4) is 0 Å². The molecular formula is C5H3F7O. The Kier molecular flexibility index (Phi) is 2.67. The molecule has 0 atom stereocenters. The van der Waals surface area contributed by atoms with Gasteiger partial charge >= 0.3 is 18.0 Å². The summed E-state index contributed by atoms with van der Waals surface area (Å²) in [6.45, 7) is -0.324. The van der Waals surface area contributed by atoms with Crippen LogP contribution in [-0.2, 0) is 4.79 Å². The second-order valence-corrected chi connectivity index (χ2v) is 2.29. The number of hydrogen-bond donors (Lipinski definition) is 0. The summed E-state index contributed by atoms with van der Waals surface area (Å²) >= 11 is 0. The number of halogens is 7. The van der Waals surface area contributed by atoms with Crippen molar-refractivity contribution in [2.45, 2.75) is 24.9 Å². The molecule has 0 unspecified atom stereocenters. The average Bonchev–Trinajstić information content (AvgIpc) is 1.81. The molecule has 0 N–H and O–H groups in total. The molecule has 0 bridgehead atoms. The fraction of sp³-hybridized carbons (Fsp3) is 0.800. The molecule has 0 aromatic carbocycles. The molecule has 0 spiro atoms. The van der Waals surface area contributed by atoms with E-state index in [1.807, 2.05) is 0 Å². The molecule has 0 saturated carbocycles. The van der Waals surface area contributed by atoms with E-state index in [0.29, 0.717) is 0 Å². The van der Waals surface area contributed by atoms with Crippen molar-refractivity contribution >= 4 is 5.78 Å². The van der Waals surface area contributed by atoms with E-state index in [4.69, 9.17) is 0 Å². The first kappa shape index (κ1) is 12.2. The lowest BCUT2D eigenvalue weighted by atomic mass is 10.1. The Balaban J connectivity index is 4.98. The number of Topliss-reactive ketones (excluding diaryl/α,β-unsaturated/α-hetero) is 1. The zero-order chi connectivity index (χ0) is 11.1. The topological polar surface area (TPSA) is 17.1 Å². The summed E-state index contributed by atoms with van der Waals surface area (Å²) in [6.07, 6.45) is -6.29. The predicted molar refractivity (Wildman–Crippen MR) is 26.6 cm³/mol. The van der Waals surface area contributed by atoms with Crippen LogP contribution < -0.4 is 0 Å². The lowest BCUT2D eigenvalue weighted by Gasteiger charge is -2.20. The Morgan fingerprint density at radius 3 is 1.31 bits per heavy atom. The zero-order valence-corrected chi connectivity index (χ0v) is 6.05. The Hall–Kier alpha value is -0.820. The Labute approximate surface area is 67.5 Å². The Morgan fingerprint density at radius 1 is 0.923 bits per heavy atom. The highest BCUT2D eigenvalue weighted by Crippen LogP contribution is 2.39. The lowest BCUT2D eigenvalue weighted by molar-refractivity contribution is -0.276. The molecule has 0 aliphatic heterocycles. The number of hydrogen-bond acceptors (Lipinski definition) is 1. The largest absolute Gasteiger partial charge is 0.461 e. The molecule has 0 saturated heterocycles. The van der Waals surface area contributed by atoms with Gasteiger partial charge in [-0.2, -0.15) is 30.7 Å². The second-order valence-electron chi connectivity index (χ2n) is 2.29. The van der Waals surface area contributed by atoms with Gasteiger partial charge in [-0.25, -0.2) is 0 Å². The maximum atomic E-state index is 11.9. The van der Waals surface area contributed by atoms with Gasteiger partial charge in [-0.3, -0.25) is 4.79 Å². The summed E-state index contributed by atoms with van der Waals surface area (Å²) in [5.74, 6) is -14.2. The minimum atomic E-state index is -6.29. The van der Waals surface area contributed by atoms with Crippen molar-refractivity contribution in [3.05, 3.63) is 0 Å². The van der Waals surface area contributed by atoms with Gasteiger partial charge < -0.3 is 0 Å². The van der Waals surface area contributed by atoms with E-state index in [1.54, 1.807) is 0 Å². The Bertz CT molecular complexity index is 210. The normalized spacial score (nSPS) is 14.5. The summed E-state index contributed by atoms with van der Waals surface area (Å²) in [6, 6.07) is 0. The van der Waals surface area contributed by atoms with E-state index in [-0.39, 0.29) is 6.92 Å². The van der Waals surface area contributed by atoms with Gasteiger partial charge in [0.2, 0.25) is 0 Å². The minimum absolute atomic E-state index is 0.324. The number of rotatable bonds is 2. The highest BCUT2D eigenvalue weighted by atomic mass is 19.4. The molecule has 13 heavy (non-hydrogen) atoms. The van der Waals surface area contributed by atoms with Crippen LogP contribution >= 0.6 is 0 Å². The van der Waals surface area contributed by atoms with Crippen molar-refractivity contribution in [1.29, 1.82) is 0 Å². The highest BCUT2D eigenvalue weighted by molar-refractivity contribution is 5.92. The van der Waals surface area contributed by atoms with Crippen LogP contribution in [0, 0.1) is 0 Å². The SMILES string of the molecule is CC(F)(F)C(=O)C(F)(F)C(F)(F)F. The van der Waals surface area contributed by atoms with Crippen LogP contribution in [0.25, 0.3) is 0 Å². The monoisotopic (exact) mass is 212 g/mol.